The van der Waals surface area contributed by atoms with Crippen molar-refractivity contribution in [3.63, 3.8) is 0 Å². The number of methoxy groups -OCH3 is 1. The maximum atomic E-state index is 13.2. The molecular formula is C29H25NO4S. The van der Waals surface area contributed by atoms with E-state index < -0.39 is 10.0 Å². The Kier molecular flexibility index (Phi) is 6.29. The molecule has 0 radical (unpaired) electrons. The molecule has 5 rings (SSSR count). The van der Waals surface area contributed by atoms with E-state index >= 15 is 0 Å². The molecule has 0 saturated heterocycles. The SMILES string of the molecule is COc1ccc(NS(=O)(=O)c2cccc3ccccc23)cc1OCCc1ccc2ccccc2c1. The van der Waals surface area contributed by atoms with E-state index in [1.165, 1.54) is 10.8 Å². The third-order valence-electron chi connectivity index (χ3n) is 5.92. The van der Waals surface area contributed by atoms with E-state index in [9.17, 15) is 8.42 Å². The first kappa shape index (κ1) is 22.7. The molecule has 6 heteroatoms. The molecule has 1 N–H and O–H groups in total. The summed E-state index contributed by atoms with van der Waals surface area (Å²) in [5, 5.41) is 3.92. The fourth-order valence-electron chi connectivity index (χ4n) is 4.17. The van der Waals surface area contributed by atoms with Gasteiger partial charge in [0.1, 0.15) is 0 Å². The van der Waals surface area contributed by atoms with Crippen LogP contribution in [0, 0.1) is 0 Å². The first-order valence-corrected chi connectivity index (χ1v) is 12.8. The molecular weight excluding hydrogens is 458 g/mol. The summed E-state index contributed by atoms with van der Waals surface area (Å²) in [4.78, 5) is 0.227. The van der Waals surface area contributed by atoms with Crippen molar-refractivity contribution in [2.24, 2.45) is 0 Å². The zero-order valence-corrected chi connectivity index (χ0v) is 20.1. The van der Waals surface area contributed by atoms with Crippen LogP contribution >= 0.6 is 0 Å². The zero-order chi connectivity index (χ0) is 24.3. The Morgan fingerprint density at radius 1 is 0.714 bits per heavy atom. The second kappa shape index (κ2) is 9.68. The van der Waals surface area contributed by atoms with Gasteiger partial charge >= 0.3 is 0 Å². The molecule has 0 fully saturated rings. The Bertz CT molecular complexity index is 1610. The molecule has 5 nitrogen and oxygen atoms in total. The second-order valence-corrected chi connectivity index (χ2v) is 9.88. The molecule has 5 aromatic rings. The van der Waals surface area contributed by atoms with Crippen LogP contribution in [0.4, 0.5) is 5.69 Å². The second-order valence-electron chi connectivity index (χ2n) is 8.23. The topological polar surface area (TPSA) is 64.6 Å². The highest BCUT2D eigenvalue weighted by Crippen LogP contribution is 2.32. The Morgan fingerprint density at radius 3 is 2.29 bits per heavy atom. The van der Waals surface area contributed by atoms with Crippen LogP contribution in [0.1, 0.15) is 5.56 Å². The number of rotatable bonds is 8. The lowest BCUT2D eigenvalue weighted by Gasteiger charge is -2.14. The van der Waals surface area contributed by atoms with E-state index in [-0.39, 0.29) is 4.90 Å². The third kappa shape index (κ3) is 4.93. The van der Waals surface area contributed by atoms with Crippen LogP contribution in [0.2, 0.25) is 0 Å². The number of hydrogen-bond acceptors (Lipinski definition) is 4. The van der Waals surface area contributed by atoms with Gasteiger partial charge in [0.15, 0.2) is 11.5 Å². The molecule has 0 bridgehead atoms. The number of ether oxygens (including phenoxy) is 2. The van der Waals surface area contributed by atoms with Crippen LogP contribution in [-0.4, -0.2) is 22.1 Å². The van der Waals surface area contributed by atoms with Crippen molar-refractivity contribution in [3.05, 3.63) is 109 Å². The van der Waals surface area contributed by atoms with Gasteiger partial charge in [-0.1, -0.05) is 78.9 Å². The standard InChI is InChI=1S/C29H25NO4S/c1-33-27-16-15-25(30-35(31,32)29-12-6-10-23-8-4-5-11-26(23)29)20-28(27)34-18-17-21-13-14-22-7-2-3-9-24(22)19-21/h2-16,19-20,30H,17-18H2,1H3. The van der Waals surface area contributed by atoms with Gasteiger partial charge in [0.2, 0.25) is 0 Å². The van der Waals surface area contributed by atoms with Gasteiger partial charge in [0, 0.05) is 17.9 Å². The highest BCUT2D eigenvalue weighted by molar-refractivity contribution is 7.93. The van der Waals surface area contributed by atoms with Crippen molar-refractivity contribution < 1.29 is 17.9 Å². The number of nitrogens with one attached hydrogen (secondary N) is 1. The van der Waals surface area contributed by atoms with E-state index in [1.54, 1.807) is 43.5 Å². The van der Waals surface area contributed by atoms with Crippen LogP contribution in [-0.2, 0) is 16.4 Å². The van der Waals surface area contributed by atoms with Crippen LogP contribution in [0.15, 0.2) is 108 Å². The van der Waals surface area contributed by atoms with Gasteiger partial charge in [-0.05, 0) is 39.9 Å². The summed E-state index contributed by atoms with van der Waals surface area (Å²) in [5.41, 5.74) is 1.56. The van der Waals surface area contributed by atoms with Crippen molar-refractivity contribution in [2.45, 2.75) is 11.3 Å². The van der Waals surface area contributed by atoms with Gasteiger partial charge < -0.3 is 9.47 Å². The maximum Gasteiger partial charge on any atom is 0.262 e. The molecule has 0 heterocycles. The number of benzene rings is 5. The molecule has 0 aliphatic carbocycles. The molecule has 0 unspecified atom stereocenters. The largest absolute Gasteiger partial charge is 0.493 e. The normalized spacial score (nSPS) is 11.5. The first-order chi connectivity index (χ1) is 17.0. The van der Waals surface area contributed by atoms with Crippen molar-refractivity contribution in [3.8, 4) is 11.5 Å². The molecule has 0 aliphatic heterocycles. The molecule has 5 aromatic carbocycles. The minimum atomic E-state index is -3.81. The lowest BCUT2D eigenvalue weighted by atomic mass is 10.1. The molecule has 0 aromatic heterocycles. The highest BCUT2D eigenvalue weighted by Gasteiger charge is 2.18. The Balaban J connectivity index is 1.34. The van der Waals surface area contributed by atoms with E-state index in [2.05, 4.69) is 35.1 Å². The van der Waals surface area contributed by atoms with Crippen molar-refractivity contribution in [1.82, 2.24) is 0 Å². The van der Waals surface area contributed by atoms with Crippen molar-refractivity contribution in [2.75, 3.05) is 18.4 Å². The van der Waals surface area contributed by atoms with Gasteiger partial charge in [-0.3, -0.25) is 4.72 Å². The lowest BCUT2D eigenvalue weighted by Crippen LogP contribution is -2.13. The smallest absolute Gasteiger partial charge is 0.262 e. The number of anilines is 1. The third-order valence-corrected chi connectivity index (χ3v) is 7.36. The Labute approximate surface area is 205 Å². The predicted octanol–water partition coefficient (Wildman–Crippen LogP) is 6.42. The van der Waals surface area contributed by atoms with Gasteiger partial charge in [-0.2, -0.15) is 0 Å². The molecule has 0 atom stereocenters. The summed E-state index contributed by atoms with van der Waals surface area (Å²) in [7, 11) is -2.25. The minimum Gasteiger partial charge on any atom is -0.493 e. The van der Waals surface area contributed by atoms with Gasteiger partial charge in [-0.25, -0.2) is 8.42 Å². The predicted molar refractivity (Wildman–Crippen MR) is 141 cm³/mol. The molecule has 35 heavy (non-hydrogen) atoms. The highest BCUT2D eigenvalue weighted by atomic mass is 32.2. The minimum absolute atomic E-state index is 0.227. The van der Waals surface area contributed by atoms with E-state index in [4.69, 9.17) is 9.47 Å². The fraction of sp³-hybridized carbons (Fsp3) is 0.103. The van der Waals surface area contributed by atoms with E-state index in [1.807, 2.05) is 36.4 Å². The summed E-state index contributed by atoms with van der Waals surface area (Å²) < 4.78 is 40.5. The molecule has 0 amide bonds. The van der Waals surface area contributed by atoms with Crippen LogP contribution in [0.3, 0.4) is 0 Å². The number of sulfonamides is 1. The first-order valence-electron chi connectivity index (χ1n) is 11.3. The molecule has 0 spiro atoms. The summed E-state index contributed by atoms with van der Waals surface area (Å²) in [6, 6.07) is 32.3. The zero-order valence-electron chi connectivity index (χ0n) is 19.3. The number of fused-ring (bicyclic) bond motifs is 2. The summed E-state index contributed by atoms with van der Waals surface area (Å²) >= 11 is 0. The van der Waals surface area contributed by atoms with E-state index in [0.29, 0.717) is 35.6 Å². The maximum absolute atomic E-state index is 13.2. The van der Waals surface area contributed by atoms with Crippen LogP contribution < -0.4 is 14.2 Å². The van der Waals surface area contributed by atoms with Gasteiger partial charge in [-0.15, -0.1) is 0 Å². The van der Waals surface area contributed by atoms with Crippen molar-refractivity contribution >= 4 is 37.3 Å². The molecule has 176 valence electrons. The summed E-state index contributed by atoms with van der Waals surface area (Å²) in [6.45, 7) is 0.425. The lowest BCUT2D eigenvalue weighted by molar-refractivity contribution is 0.298. The molecule has 0 aliphatic rings. The Hall–Kier alpha value is -4.03. The summed E-state index contributed by atoms with van der Waals surface area (Å²) in [6.07, 6.45) is 0.708. The van der Waals surface area contributed by atoms with Gasteiger partial charge in [0.05, 0.1) is 24.3 Å². The van der Waals surface area contributed by atoms with E-state index in [0.717, 1.165) is 10.9 Å². The fourth-order valence-corrected chi connectivity index (χ4v) is 5.45. The quantitative estimate of drug-likeness (QED) is 0.276. The van der Waals surface area contributed by atoms with Crippen LogP contribution in [0.25, 0.3) is 21.5 Å². The molecule has 0 saturated carbocycles. The average Bonchev–Trinajstić information content (AvgIpc) is 2.88. The summed E-state index contributed by atoms with van der Waals surface area (Å²) in [5.74, 6) is 1.02. The Morgan fingerprint density at radius 2 is 1.46 bits per heavy atom. The monoisotopic (exact) mass is 483 g/mol. The number of hydrogen-bond donors (Lipinski definition) is 1. The average molecular weight is 484 g/mol. The van der Waals surface area contributed by atoms with Crippen molar-refractivity contribution in [1.29, 1.82) is 0 Å². The van der Waals surface area contributed by atoms with Crippen LogP contribution in [0.5, 0.6) is 11.5 Å². The van der Waals surface area contributed by atoms with Gasteiger partial charge in [0.25, 0.3) is 10.0 Å².